The standard InChI is InChI=1S/C5H6N4O/c1-3(10)4-2-7-9-5(6)8-4/h2H,1H3,(H2,6,8,9). The third-order valence-corrected chi connectivity index (χ3v) is 0.936. The van der Waals surface area contributed by atoms with E-state index in [1.807, 2.05) is 0 Å². The zero-order chi connectivity index (χ0) is 7.56. The maximum Gasteiger partial charge on any atom is 0.240 e. The first-order valence-electron chi connectivity index (χ1n) is 2.66. The van der Waals surface area contributed by atoms with Crippen LogP contribution in [0.1, 0.15) is 17.4 Å². The number of hydrogen-bond acceptors (Lipinski definition) is 5. The molecule has 0 aromatic carbocycles. The molecular weight excluding hydrogens is 132 g/mol. The third kappa shape index (κ3) is 1.25. The summed E-state index contributed by atoms with van der Waals surface area (Å²) in [5, 5.41) is 6.83. The van der Waals surface area contributed by atoms with E-state index in [0.717, 1.165) is 0 Å². The maximum atomic E-state index is 10.6. The Kier molecular flexibility index (Phi) is 1.57. The number of hydrogen-bond donors (Lipinski definition) is 1. The number of nitrogens with two attached hydrogens (primary N) is 1. The van der Waals surface area contributed by atoms with Crippen molar-refractivity contribution >= 4 is 11.7 Å². The van der Waals surface area contributed by atoms with E-state index >= 15 is 0 Å². The van der Waals surface area contributed by atoms with Gasteiger partial charge in [0, 0.05) is 6.92 Å². The molecule has 1 aromatic heterocycles. The van der Waals surface area contributed by atoms with Crippen LogP contribution in [0.2, 0.25) is 0 Å². The van der Waals surface area contributed by atoms with Crippen molar-refractivity contribution in [2.75, 3.05) is 5.73 Å². The molecule has 0 aliphatic carbocycles. The predicted molar refractivity (Wildman–Crippen MR) is 34.2 cm³/mol. The van der Waals surface area contributed by atoms with Gasteiger partial charge in [-0.3, -0.25) is 4.79 Å². The highest BCUT2D eigenvalue weighted by atomic mass is 16.1. The van der Waals surface area contributed by atoms with Crippen LogP contribution in [0.15, 0.2) is 6.20 Å². The molecule has 0 saturated heterocycles. The van der Waals surface area contributed by atoms with Crippen LogP contribution >= 0.6 is 0 Å². The molecule has 0 unspecified atom stereocenters. The molecule has 1 aromatic rings. The summed E-state index contributed by atoms with van der Waals surface area (Å²) in [4.78, 5) is 14.2. The lowest BCUT2D eigenvalue weighted by molar-refractivity contribution is 0.101. The Morgan fingerprint density at radius 2 is 2.40 bits per heavy atom. The molecule has 0 atom stereocenters. The van der Waals surface area contributed by atoms with Crippen LogP contribution in [0.3, 0.4) is 0 Å². The molecule has 1 heterocycles. The van der Waals surface area contributed by atoms with Crippen LogP contribution in [0, 0.1) is 0 Å². The van der Waals surface area contributed by atoms with E-state index in [2.05, 4.69) is 15.2 Å². The molecule has 0 saturated carbocycles. The molecule has 2 N–H and O–H groups in total. The number of aromatic nitrogens is 3. The molecular formula is C5H6N4O. The summed E-state index contributed by atoms with van der Waals surface area (Å²) in [6.07, 6.45) is 1.28. The lowest BCUT2D eigenvalue weighted by Crippen LogP contribution is -2.03. The minimum absolute atomic E-state index is 0.0210. The van der Waals surface area contributed by atoms with E-state index in [1.165, 1.54) is 13.1 Å². The summed E-state index contributed by atoms with van der Waals surface area (Å²) >= 11 is 0. The van der Waals surface area contributed by atoms with Crippen LogP contribution in [0.5, 0.6) is 0 Å². The third-order valence-electron chi connectivity index (χ3n) is 0.936. The van der Waals surface area contributed by atoms with Crippen molar-refractivity contribution in [2.45, 2.75) is 6.92 Å². The highest BCUT2D eigenvalue weighted by Gasteiger charge is 2.00. The number of ketones is 1. The van der Waals surface area contributed by atoms with Gasteiger partial charge < -0.3 is 5.73 Å². The zero-order valence-corrected chi connectivity index (χ0v) is 5.40. The van der Waals surface area contributed by atoms with Gasteiger partial charge in [0.25, 0.3) is 0 Å². The zero-order valence-electron chi connectivity index (χ0n) is 5.40. The summed E-state index contributed by atoms with van der Waals surface area (Å²) in [7, 11) is 0. The van der Waals surface area contributed by atoms with E-state index in [9.17, 15) is 4.79 Å². The van der Waals surface area contributed by atoms with E-state index in [1.54, 1.807) is 0 Å². The van der Waals surface area contributed by atoms with Crippen molar-refractivity contribution in [3.05, 3.63) is 11.9 Å². The molecule has 0 radical (unpaired) electrons. The minimum atomic E-state index is -0.165. The Hall–Kier alpha value is -1.52. The molecule has 5 heteroatoms. The fourth-order valence-corrected chi connectivity index (χ4v) is 0.487. The summed E-state index contributed by atoms with van der Waals surface area (Å²) in [5.41, 5.74) is 5.40. The van der Waals surface area contributed by atoms with E-state index < -0.39 is 0 Å². The van der Waals surface area contributed by atoms with Crippen molar-refractivity contribution in [2.24, 2.45) is 0 Å². The molecule has 1 rings (SSSR count). The van der Waals surface area contributed by atoms with Gasteiger partial charge in [-0.2, -0.15) is 5.10 Å². The normalized spacial score (nSPS) is 9.30. The quantitative estimate of drug-likeness (QED) is 0.536. The lowest BCUT2D eigenvalue weighted by Gasteiger charge is -1.91. The second-order valence-corrected chi connectivity index (χ2v) is 1.76. The topological polar surface area (TPSA) is 81.8 Å². The van der Waals surface area contributed by atoms with Gasteiger partial charge in [0.15, 0.2) is 5.78 Å². The van der Waals surface area contributed by atoms with E-state index in [4.69, 9.17) is 5.73 Å². The number of carbonyl (C=O) groups is 1. The maximum absolute atomic E-state index is 10.6. The van der Waals surface area contributed by atoms with Gasteiger partial charge in [0.1, 0.15) is 5.69 Å². The number of nitrogen functional groups attached to an aromatic ring is 1. The SMILES string of the molecule is CC(=O)c1cnnc(N)n1. The Morgan fingerprint density at radius 1 is 1.70 bits per heavy atom. The summed E-state index contributed by atoms with van der Waals surface area (Å²) in [6.45, 7) is 1.39. The molecule has 10 heavy (non-hydrogen) atoms. The van der Waals surface area contributed by atoms with Crippen molar-refractivity contribution in [3.63, 3.8) is 0 Å². The van der Waals surface area contributed by atoms with E-state index in [0.29, 0.717) is 0 Å². The second-order valence-electron chi connectivity index (χ2n) is 1.76. The highest BCUT2D eigenvalue weighted by Crippen LogP contribution is 1.93. The molecule has 0 amide bonds. The molecule has 0 bridgehead atoms. The predicted octanol–water partition coefficient (Wildman–Crippen LogP) is -0.344. The van der Waals surface area contributed by atoms with Crippen LogP contribution in [0.25, 0.3) is 0 Å². The Labute approximate surface area is 57.3 Å². The number of nitrogens with zero attached hydrogens (tertiary/aromatic N) is 3. The summed E-state index contributed by atoms with van der Waals surface area (Å²) in [5.74, 6) is -0.144. The number of Topliss-reactive ketones (excluding diaryl/α,β-unsaturated/α-hetero) is 1. The van der Waals surface area contributed by atoms with Crippen LogP contribution in [-0.2, 0) is 0 Å². The first kappa shape index (κ1) is 6.60. The first-order chi connectivity index (χ1) is 4.70. The molecule has 0 aliphatic heterocycles. The van der Waals surface area contributed by atoms with Gasteiger partial charge in [-0.25, -0.2) is 4.98 Å². The molecule has 0 aliphatic rings. The van der Waals surface area contributed by atoms with Crippen molar-refractivity contribution in [3.8, 4) is 0 Å². The van der Waals surface area contributed by atoms with Crippen LogP contribution in [0.4, 0.5) is 5.95 Å². The number of carbonyl (C=O) groups excluding carboxylic acids is 1. The summed E-state index contributed by atoms with van der Waals surface area (Å²) < 4.78 is 0. The van der Waals surface area contributed by atoms with Crippen LogP contribution in [-0.4, -0.2) is 21.0 Å². The van der Waals surface area contributed by atoms with Gasteiger partial charge >= 0.3 is 0 Å². The minimum Gasteiger partial charge on any atom is -0.366 e. The molecule has 52 valence electrons. The van der Waals surface area contributed by atoms with Gasteiger partial charge in [0.05, 0.1) is 6.20 Å². The molecule has 5 nitrogen and oxygen atoms in total. The van der Waals surface area contributed by atoms with Crippen molar-refractivity contribution < 1.29 is 4.79 Å². The fourth-order valence-electron chi connectivity index (χ4n) is 0.487. The molecule has 0 spiro atoms. The second kappa shape index (κ2) is 2.38. The Bertz CT molecular complexity index is 260. The number of rotatable bonds is 1. The molecule has 0 fully saturated rings. The van der Waals surface area contributed by atoms with Gasteiger partial charge in [-0.1, -0.05) is 0 Å². The highest BCUT2D eigenvalue weighted by molar-refractivity contribution is 5.91. The van der Waals surface area contributed by atoms with E-state index in [-0.39, 0.29) is 17.4 Å². The van der Waals surface area contributed by atoms with Gasteiger partial charge in [-0.05, 0) is 0 Å². The smallest absolute Gasteiger partial charge is 0.240 e. The van der Waals surface area contributed by atoms with Crippen molar-refractivity contribution in [1.82, 2.24) is 15.2 Å². The largest absolute Gasteiger partial charge is 0.366 e. The monoisotopic (exact) mass is 138 g/mol. The average molecular weight is 138 g/mol. The average Bonchev–Trinajstić information content (AvgIpc) is 1.88. The Balaban J connectivity index is 3.07. The van der Waals surface area contributed by atoms with Gasteiger partial charge in [0.2, 0.25) is 5.95 Å². The lowest BCUT2D eigenvalue weighted by atomic mass is 10.3. The van der Waals surface area contributed by atoms with Crippen molar-refractivity contribution in [1.29, 1.82) is 0 Å². The number of anilines is 1. The van der Waals surface area contributed by atoms with Crippen LogP contribution < -0.4 is 5.73 Å². The Morgan fingerprint density at radius 3 is 2.80 bits per heavy atom. The summed E-state index contributed by atoms with van der Waals surface area (Å²) in [6, 6.07) is 0. The fraction of sp³-hybridized carbons (Fsp3) is 0.200. The first-order valence-corrected chi connectivity index (χ1v) is 2.66. The van der Waals surface area contributed by atoms with Gasteiger partial charge in [-0.15, -0.1) is 5.10 Å².